The number of amides is 4. The molecule has 0 aromatic heterocycles. The zero-order valence-electron chi connectivity index (χ0n) is 33.2. The van der Waals surface area contributed by atoms with Crippen molar-refractivity contribution in [2.75, 3.05) is 31.7 Å². The second-order valence-corrected chi connectivity index (χ2v) is 15.9. The van der Waals surface area contributed by atoms with Gasteiger partial charge in [-0.1, -0.05) is 54.6 Å². The molecule has 4 rings (SSSR count). The monoisotopic (exact) mass is 907 g/mol. The zero-order valence-corrected chi connectivity index (χ0v) is 34.8. The van der Waals surface area contributed by atoms with Crippen molar-refractivity contribution < 1.29 is 75.8 Å². The van der Waals surface area contributed by atoms with Crippen LogP contribution >= 0.6 is 11.8 Å². The number of thioether (sulfide) groups is 1. The summed E-state index contributed by atoms with van der Waals surface area (Å²) < 4.78 is 46.5. The Bertz CT molecular complexity index is 2080. The average molecular weight is 908 g/mol. The highest BCUT2D eigenvalue weighted by Gasteiger charge is 2.45. The van der Waals surface area contributed by atoms with Gasteiger partial charge in [-0.15, -0.1) is 8.42 Å². The predicted molar refractivity (Wildman–Crippen MR) is 220 cm³/mol. The van der Waals surface area contributed by atoms with Gasteiger partial charge in [0.25, 0.3) is 0 Å². The fourth-order valence-corrected chi connectivity index (χ4v) is 7.00. The van der Waals surface area contributed by atoms with Crippen molar-refractivity contribution in [3.8, 4) is 17.2 Å². The minimum absolute atomic E-state index is 0.0444. The third-order valence-electron chi connectivity index (χ3n) is 9.08. The van der Waals surface area contributed by atoms with Crippen LogP contribution in [0, 0.1) is 0 Å². The minimum Gasteiger partial charge on any atom is -0.480 e. The number of ether oxygens (including phenoxy) is 2. The lowest BCUT2D eigenvalue weighted by molar-refractivity contribution is -0.277. The number of carboxylic acids is 1. The maximum absolute atomic E-state index is 13.1. The van der Waals surface area contributed by atoms with Crippen molar-refractivity contribution in [2.24, 2.45) is 5.73 Å². The van der Waals surface area contributed by atoms with Crippen LogP contribution in [0.25, 0.3) is 0 Å². The maximum Gasteiger partial charge on any atom is 0.501 e. The highest BCUT2D eigenvalue weighted by Crippen LogP contribution is 2.32. The van der Waals surface area contributed by atoms with Crippen LogP contribution in [0.1, 0.15) is 17.5 Å². The first-order valence-electron chi connectivity index (χ1n) is 18.9. The first kappa shape index (κ1) is 49.1. The Morgan fingerprint density at radius 3 is 2.03 bits per heavy atom. The number of nitrogens with two attached hydrogens (primary N) is 1. The largest absolute Gasteiger partial charge is 0.501 e. The molecule has 62 heavy (non-hydrogen) atoms. The lowest BCUT2D eigenvalue weighted by Crippen LogP contribution is -2.60. The van der Waals surface area contributed by atoms with E-state index in [9.17, 15) is 57.9 Å². The van der Waals surface area contributed by atoms with E-state index in [-0.39, 0.29) is 30.8 Å². The number of aliphatic hydroxyl groups excluding tert-OH is 4. The molecule has 0 bridgehead atoms. The van der Waals surface area contributed by atoms with Gasteiger partial charge in [0, 0.05) is 6.42 Å². The number of aliphatic carboxylic acids is 1. The second-order valence-electron chi connectivity index (χ2n) is 13.8. The molecule has 1 fully saturated rings. The molecule has 0 radical (unpaired) electrons. The van der Waals surface area contributed by atoms with Gasteiger partial charge < -0.3 is 70.4 Å². The van der Waals surface area contributed by atoms with Crippen LogP contribution in [0.4, 0.5) is 0 Å². The van der Waals surface area contributed by atoms with E-state index in [4.69, 9.17) is 23.6 Å². The number of hydrogen-bond donors (Lipinski definition) is 10. The molecule has 23 heteroatoms. The van der Waals surface area contributed by atoms with E-state index < -0.39 is 114 Å². The summed E-state index contributed by atoms with van der Waals surface area (Å²) in [5.74, 6) is -4.51. The summed E-state index contributed by atoms with van der Waals surface area (Å²) in [6, 6.07) is 16.0. The molecule has 1 saturated heterocycles. The molecule has 3 aromatic rings. The van der Waals surface area contributed by atoms with Gasteiger partial charge in [-0.05, 0) is 60.2 Å². The fourth-order valence-electron chi connectivity index (χ4n) is 5.79. The molecule has 1 heterocycles. The molecule has 21 nitrogen and oxygen atoms in total. The third kappa shape index (κ3) is 15.1. The van der Waals surface area contributed by atoms with Crippen LogP contribution in [0.15, 0.2) is 78.9 Å². The lowest BCUT2D eigenvalue weighted by atomic mass is 9.99. The molecule has 1 aliphatic heterocycles. The predicted octanol–water partition coefficient (Wildman–Crippen LogP) is -2.28. The molecule has 4 amide bonds. The number of carbonyl (C=O) groups is 5. The quantitative estimate of drug-likeness (QED) is 0.0479. The standard InChI is InChI=1S/C39H49N5O16S2/c1-61-16-15-26(38(53)54)44-37(52)27(18-22-7-3-2-4-8-22)43-32(47)20-41-31(46)19-42-36(51)25(40)17-23-11-13-24(14-12-23)59-62(55,56)60-29-10-6-5-9-28(29)57-39-35(50)34(49)33(48)30(21-45)58-39/h2-14,25-27,30,33-35,39,45,48-50H,15-21,40H2,1H3,(H,41,46)(H,42,51)(H,43,47)(H,44,52)(H,53,54)/t25-,26-,27-,30+,33-,34-,35+,39?/m0/s1. The maximum atomic E-state index is 13.1. The molecule has 1 unspecified atom stereocenters. The molecule has 11 N–H and O–H groups in total. The SMILES string of the molecule is CSCC[C@H](NC(=O)[C@H](Cc1ccccc1)NC(=O)CNC(=O)CNC(=O)[C@@H](N)Cc1ccc(OS(=O)(=O)Oc2ccccc2OC2O[C@H](CO)[C@H](O)[C@H](O)[C@H]2O)cc1)C(=O)O. The minimum atomic E-state index is -4.81. The number of benzene rings is 3. The summed E-state index contributed by atoms with van der Waals surface area (Å²) in [5, 5.41) is 59.0. The number of aliphatic hydroxyl groups is 4. The van der Waals surface area contributed by atoms with Gasteiger partial charge in [-0.25, -0.2) is 4.79 Å². The number of para-hydroxylation sites is 2. The summed E-state index contributed by atoms with van der Waals surface area (Å²) in [6.45, 7) is -1.83. The Kier molecular flexibility index (Phi) is 18.7. The molecule has 3 aromatic carbocycles. The van der Waals surface area contributed by atoms with Gasteiger partial charge in [-0.3, -0.25) is 19.2 Å². The van der Waals surface area contributed by atoms with Crippen LogP contribution in [0.5, 0.6) is 17.2 Å². The fraction of sp³-hybridized carbons (Fsp3) is 0.410. The van der Waals surface area contributed by atoms with Gasteiger partial charge in [0.15, 0.2) is 11.5 Å². The van der Waals surface area contributed by atoms with Crippen molar-refractivity contribution in [3.63, 3.8) is 0 Å². The highest BCUT2D eigenvalue weighted by atomic mass is 32.3. The molecular formula is C39H49N5O16S2. The van der Waals surface area contributed by atoms with Crippen LogP contribution in [-0.4, -0.2) is 144 Å². The average Bonchev–Trinajstić information content (AvgIpc) is 3.24. The van der Waals surface area contributed by atoms with E-state index >= 15 is 0 Å². The van der Waals surface area contributed by atoms with Gasteiger partial charge in [0.05, 0.1) is 25.7 Å². The van der Waals surface area contributed by atoms with Crippen LogP contribution in [0.2, 0.25) is 0 Å². The van der Waals surface area contributed by atoms with E-state index in [2.05, 4.69) is 21.3 Å². The molecular weight excluding hydrogens is 859 g/mol. The first-order valence-corrected chi connectivity index (χ1v) is 21.7. The summed E-state index contributed by atoms with van der Waals surface area (Å²) in [7, 11) is -4.81. The van der Waals surface area contributed by atoms with Crippen molar-refractivity contribution in [2.45, 2.75) is 68.1 Å². The number of hydrogen-bond acceptors (Lipinski definition) is 17. The van der Waals surface area contributed by atoms with E-state index in [0.717, 1.165) is 0 Å². The van der Waals surface area contributed by atoms with Crippen molar-refractivity contribution in [1.82, 2.24) is 21.3 Å². The number of carboxylic acid groups (broad SMARTS) is 1. The smallest absolute Gasteiger partial charge is 0.480 e. The summed E-state index contributed by atoms with van der Waals surface area (Å²) >= 11 is 1.41. The first-order chi connectivity index (χ1) is 29.5. The Labute approximate surface area is 360 Å². The lowest BCUT2D eigenvalue weighted by Gasteiger charge is -2.39. The van der Waals surface area contributed by atoms with Crippen molar-refractivity contribution in [3.05, 3.63) is 90.0 Å². The third-order valence-corrected chi connectivity index (χ3v) is 10.5. The molecule has 0 aliphatic carbocycles. The van der Waals surface area contributed by atoms with Gasteiger partial charge >= 0.3 is 16.4 Å². The van der Waals surface area contributed by atoms with Gasteiger partial charge in [0.2, 0.25) is 29.9 Å². The Morgan fingerprint density at radius 2 is 1.39 bits per heavy atom. The van der Waals surface area contributed by atoms with Gasteiger partial charge in [-0.2, -0.15) is 11.8 Å². The number of rotatable bonds is 23. The van der Waals surface area contributed by atoms with Crippen molar-refractivity contribution >= 4 is 51.8 Å². The zero-order chi connectivity index (χ0) is 45.4. The molecule has 0 saturated carbocycles. The summed E-state index contributed by atoms with van der Waals surface area (Å²) in [5.41, 5.74) is 7.19. The normalized spacial score (nSPS) is 20.1. The second kappa shape index (κ2) is 23.6. The van der Waals surface area contributed by atoms with Crippen LogP contribution in [-0.2, 0) is 52.0 Å². The van der Waals surface area contributed by atoms with E-state index in [1.807, 2.05) is 0 Å². The molecule has 0 spiro atoms. The Morgan fingerprint density at radius 1 is 0.758 bits per heavy atom. The van der Waals surface area contributed by atoms with Crippen molar-refractivity contribution in [1.29, 1.82) is 0 Å². The Balaban J connectivity index is 1.23. The molecule has 338 valence electrons. The highest BCUT2D eigenvalue weighted by molar-refractivity contribution is 7.98. The van der Waals surface area contributed by atoms with Crippen LogP contribution in [0.3, 0.4) is 0 Å². The van der Waals surface area contributed by atoms with E-state index in [0.29, 0.717) is 16.9 Å². The Hall–Kier alpha value is -5.53. The number of carbonyl (C=O) groups excluding carboxylic acids is 4. The van der Waals surface area contributed by atoms with Crippen LogP contribution < -0.4 is 40.1 Å². The summed E-state index contributed by atoms with van der Waals surface area (Å²) in [4.78, 5) is 62.7. The molecule has 1 aliphatic rings. The summed E-state index contributed by atoms with van der Waals surface area (Å²) in [6.07, 6.45) is -6.11. The number of nitrogens with one attached hydrogen (secondary N) is 4. The molecule has 8 atom stereocenters. The van der Waals surface area contributed by atoms with Gasteiger partial charge in [0.1, 0.15) is 42.2 Å². The van der Waals surface area contributed by atoms with E-state index in [1.54, 1.807) is 36.6 Å². The van der Waals surface area contributed by atoms with E-state index in [1.165, 1.54) is 60.3 Å². The topological polar surface area (TPSA) is 332 Å².